The summed E-state index contributed by atoms with van der Waals surface area (Å²) in [7, 11) is 0. The van der Waals surface area contributed by atoms with E-state index in [-0.39, 0.29) is 29.6 Å². The van der Waals surface area contributed by atoms with Gasteiger partial charge in [-0.25, -0.2) is 0 Å². The number of hydrogen-bond donors (Lipinski definition) is 2. The van der Waals surface area contributed by atoms with Crippen LogP contribution in [0.4, 0.5) is 5.69 Å². The van der Waals surface area contributed by atoms with Gasteiger partial charge in [0, 0.05) is 37.6 Å². The molecule has 8 heteroatoms. The first-order valence-corrected chi connectivity index (χ1v) is 11.3. The summed E-state index contributed by atoms with van der Waals surface area (Å²) in [4.78, 5) is 28.7. The van der Waals surface area contributed by atoms with E-state index < -0.39 is 11.7 Å². The fourth-order valence-electron chi connectivity index (χ4n) is 4.50. The number of terminal acetylenes is 1. The van der Waals surface area contributed by atoms with E-state index in [4.69, 9.17) is 6.42 Å². The molecule has 1 atom stereocenters. The minimum atomic E-state index is -0.572. The SMILES string of the molecule is C#CCCC1(CCC(=O)N(c2cn[nH]c2CC)C(C(=O)NCC)C2(C(C)C)CC2)N=N1. The quantitative estimate of drug-likeness (QED) is 0.499. The second-order valence-electron chi connectivity index (χ2n) is 8.92. The molecule has 2 aliphatic rings. The number of nitrogens with one attached hydrogen (secondary N) is 2. The van der Waals surface area contributed by atoms with Gasteiger partial charge in [0.1, 0.15) is 6.04 Å². The van der Waals surface area contributed by atoms with Crippen molar-refractivity contribution in [2.75, 3.05) is 11.4 Å². The monoisotopic (exact) mass is 426 g/mol. The molecule has 1 aromatic rings. The maximum Gasteiger partial charge on any atom is 0.243 e. The Labute approximate surface area is 184 Å². The molecule has 0 saturated heterocycles. The lowest BCUT2D eigenvalue weighted by atomic mass is 9.82. The van der Waals surface area contributed by atoms with Crippen molar-refractivity contribution in [2.45, 2.75) is 84.3 Å². The average Bonchev–Trinajstić information content (AvgIpc) is 3.66. The van der Waals surface area contributed by atoms with Crippen LogP contribution in [0, 0.1) is 23.7 Å². The number of H-pyrrole nitrogens is 1. The largest absolute Gasteiger partial charge is 0.355 e. The van der Waals surface area contributed by atoms with Crippen molar-refractivity contribution in [3.63, 3.8) is 0 Å². The number of anilines is 1. The molecule has 31 heavy (non-hydrogen) atoms. The zero-order valence-corrected chi connectivity index (χ0v) is 19.1. The van der Waals surface area contributed by atoms with Gasteiger partial charge in [0.2, 0.25) is 11.8 Å². The maximum absolute atomic E-state index is 13.7. The Bertz CT molecular complexity index is 871. The Morgan fingerprint density at radius 2 is 2.00 bits per heavy atom. The van der Waals surface area contributed by atoms with Crippen LogP contribution >= 0.6 is 0 Å². The van der Waals surface area contributed by atoms with Crippen LogP contribution in [0.25, 0.3) is 0 Å². The van der Waals surface area contributed by atoms with Gasteiger partial charge in [-0.05, 0) is 32.1 Å². The number of carbonyl (C=O) groups is 2. The lowest BCUT2D eigenvalue weighted by molar-refractivity contribution is -0.128. The molecule has 2 heterocycles. The Morgan fingerprint density at radius 1 is 1.29 bits per heavy atom. The van der Waals surface area contributed by atoms with E-state index in [2.05, 4.69) is 45.5 Å². The number of rotatable bonds is 12. The average molecular weight is 427 g/mol. The number of aromatic amines is 1. The highest BCUT2D eigenvalue weighted by atomic mass is 16.2. The number of aryl methyl sites for hydroxylation is 1. The van der Waals surface area contributed by atoms with Gasteiger partial charge in [0.15, 0.2) is 5.66 Å². The van der Waals surface area contributed by atoms with Gasteiger partial charge >= 0.3 is 0 Å². The van der Waals surface area contributed by atoms with Gasteiger partial charge in [-0.2, -0.15) is 15.3 Å². The van der Waals surface area contributed by atoms with Gasteiger partial charge in [-0.1, -0.05) is 20.8 Å². The Balaban J connectivity index is 1.92. The van der Waals surface area contributed by atoms with Crippen LogP contribution in [0.3, 0.4) is 0 Å². The third kappa shape index (κ3) is 4.65. The number of hydrogen-bond acceptors (Lipinski definition) is 5. The summed E-state index contributed by atoms with van der Waals surface area (Å²) in [5, 5.41) is 18.5. The molecule has 8 nitrogen and oxygen atoms in total. The van der Waals surface area contributed by atoms with E-state index in [1.54, 1.807) is 11.1 Å². The van der Waals surface area contributed by atoms with Crippen LogP contribution in [0.1, 0.15) is 71.9 Å². The summed E-state index contributed by atoms with van der Waals surface area (Å²) in [5.41, 5.74) is 0.781. The number of carbonyl (C=O) groups excluding carboxylic acids is 2. The van der Waals surface area contributed by atoms with Crippen molar-refractivity contribution in [2.24, 2.45) is 21.6 Å². The van der Waals surface area contributed by atoms with E-state index in [1.807, 2.05) is 13.8 Å². The minimum absolute atomic E-state index is 0.100. The van der Waals surface area contributed by atoms with Crippen molar-refractivity contribution in [3.05, 3.63) is 11.9 Å². The second-order valence-corrected chi connectivity index (χ2v) is 8.92. The Morgan fingerprint density at radius 3 is 2.52 bits per heavy atom. The normalized spacial score (nSPS) is 18.3. The molecule has 1 aliphatic heterocycles. The summed E-state index contributed by atoms with van der Waals surface area (Å²) < 4.78 is 0. The third-order valence-corrected chi connectivity index (χ3v) is 6.75. The highest BCUT2D eigenvalue weighted by Gasteiger charge is 2.58. The van der Waals surface area contributed by atoms with Crippen LogP contribution < -0.4 is 10.2 Å². The lowest BCUT2D eigenvalue weighted by Gasteiger charge is -2.38. The number of likely N-dealkylation sites (N-methyl/N-ethyl adjacent to an activating group) is 1. The lowest BCUT2D eigenvalue weighted by Crippen LogP contribution is -2.56. The first kappa shape index (κ1) is 23.0. The van der Waals surface area contributed by atoms with Crippen molar-refractivity contribution >= 4 is 17.5 Å². The van der Waals surface area contributed by atoms with Gasteiger partial charge in [-0.3, -0.25) is 19.6 Å². The van der Waals surface area contributed by atoms with E-state index >= 15 is 0 Å². The molecule has 1 fully saturated rings. The molecule has 2 N–H and O–H groups in total. The molecule has 0 bridgehead atoms. The first-order chi connectivity index (χ1) is 14.8. The van der Waals surface area contributed by atoms with Crippen molar-refractivity contribution in [3.8, 4) is 12.3 Å². The Hall–Kier alpha value is -2.69. The van der Waals surface area contributed by atoms with E-state index in [1.165, 1.54) is 0 Å². The number of nitrogens with zero attached hydrogens (tertiary/aromatic N) is 4. The summed E-state index contributed by atoms with van der Waals surface area (Å²) in [6, 6.07) is -0.572. The molecule has 1 unspecified atom stereocenters. The standard InChI is InChI=1S/C23H34N6O2/c1-6-9-11-23(27-28-23)12-10-19(30)29(18-15-25-26-17(18)7-2)20(21(31)24-8-3)22(13-14-22)16(4)5/h1,15-16,20H,7-14H2,2-5H3,(H,24,31)(H,25,26). The molecule has 168 valence electrons. The summed E-state index contributed by atoms with van der Waals surface area (Å²) in [5.74, 6) is 2.68. The minimum Gasteiger partial charge on any atom is -0.355 e. The van der Waals surface area contributed by atoms with Crippen molar-refractivity contribution in [1.29, 1.82) is 0 Å². The number of amides is 2. The second kappa shape index (κ2) is 9.21. The molecule has 0 spiro atoms. The maximum atomic E-state index is 13.7. The van der Waals surface area contributed by atoms with E-state index in [0.717, 1.165) is 18.5 Å². The molecule has 2 amide bonds. The van der Waals surface area contributed by atoms with Crippen LogP contribution in [0.5, 0.6) is 0 Å². The van der Waals surface area contributed by atoms with Gasteiger partial charge < -0.3 is 5.32 Å². The third-order valence-electron chi connectivity index (χ3n) is 6.75. The van der Waals surface area contributed by atoms with Crippen LogP contribution in [-0.2, 0) is 16.0 Å². The van der Waals surface area contributed by atoms with Crippen LogP contribution in [0.2, 0.25) is 0 Å². The molecular formula is C23H34N6O2. The molecule has 3 rings (SSSR count). The predicted octanol–water partition coefficient (Wildman–Crippen LogP) is 3.60. The van der Waals surface area contributed by atoms with Crippen LogP contribution in [0.15, 0.2) is 16.4 Å². The summed E-state index contributed by atoms with van der Waals surface area (Å²) in [6.45, 7) is 8.69. The van der Waals surface area contributed by atoms with Gasteiger partial charge in [0.05, 0.1) is 17.6 Å². The fourth-order valence-corrected chi connectivity index (χ4v) is 4.50. The topological polar surface area (TPSA) is 103 Å². The fraction of sp³-hybridized carbons (Fsp3) is 0.696. The van der Waals surface area contributed by atoms with Crippen molar-refractivity contribution < 1.29 is 9.59 Å². The highest BCUT2D eigenvalue weighted by molar-refractivity contribution is 6.02. The van der Waals surface area contributed by atoms with Crippen molar-refractivity contribution in [1.82, 2.24) is 15.5 Å². The highest BCUT2D eigenvalue weighted by Crippen LogP contribution is 2.57. The smallest absolute Gasteiger partial charge is 0.243 e. The first-order valence-electron chi connectivity index (χ1n) is 11.3. The predicted molar refractivity (Wildman–Crippen MR) is 119 cm³/mol. The summed E-state index contributed by atoms with van der Waals surface area (Å²) >= 11 is 0. The zero-order valence-electron chi connectivity index (χ0n) is 19.1. The van der Waals surface area contributed by atoms with Crippen LogP contribution in [-0.4, -0.2) is 40.3 Å². The molecule has 1 saturated carbocycles. The van der Waals surface area contributed by atoms with Gasteiger partial charge in [0.25, 0.3) is 0 Å². The Kier molecular flexibility index (Phi) is 6.83. The zero-order chi connectivity index (χ0) is 22.6. The molecule has 1 aliphatic carbocycles. The molecular weight excluding hydrogens is 392 g/mol. The van der Waals surface area contributed by atoms with E-state index in [9.17, 15) is 9.59 Å². The molecule has 0 radical (unpaired) electrons. The van der Waals surface area contributed by atoms with E-state index in [0.29, 0.717) is 37.9 Å². The molecule has 1 aromatic heterocycles. The van der Waals surface area contributed by atoms with Gasteiger partial charge in [-0.15, -0.1) is 12.3 Å². The summed E-state index contributed by atoms with van der Waals surface area (Å²) in [6.07, 6.45) is 11.6. The molecule has 0 aromatic carbocycles. The number of aromatic nitrogens is 2.